The van der Waals surface area contributed by atoms with Crippen LogP contribution in [0.15, 0.2) is 35.7 Å². The molecule has 1 heterocycles. The second-order valence-corrected chi connectivity index (χ2v) is 7.73. The van der Waals surface area contributed by atoms with E-state index in [2.05, 4.69) is 15.6 Å². The van der Waals surface area contributed by atoms with Crippen LogP contribution >= 0.6 is 11.3 Å². The Balaban J connectivity index is 1.59. The summed E-state index contributed by atoms with van der Waals surface area (Å²) in [6.07, 6.45) is 4.83. The van der Waals surface area contributed by atoms with Crippen LogP contribution in [0, 0.1) is 0 Å². The van der Waals surface area contributed by atoms with Crippen LogP contribution in [0.3, 0.4) is 0 Å². The zero-order valence-electron chi connectivity index (χ0n) is 15.4. The molecule has 28 heavy (non-hydrogen) atoms. The van der Waals surface area contributed by atoms with E-state index in [0.29, 0.717) is 5.01 Å². The largest absolute Gasteiger partial charge is 0.480 e. The molecule has 0 radical (unpaired) electrons. The van der Waals surface area contributed by atoms with Crippen molar-refractivity contribution in [3.8, 4) is 10.6 Å². The van der Waals surface area contributed by atoms with E-state index in [9.17, 15) is 19.5 Å². The van der Waals surface area contributed by atoms with E-state index in [1.165, 1.54) is 17.8 Å². The average molecular weight is 401 g/mol. The molecule has 1 aliphatic rings. The maximum atomic E-state index is 12.4. The van der Waals surface area contributed by atoms with Gasteiger partial charge in [-0.15, -0.1) is 11.3 Å². The summed E-state index contributed by atoms with van der Waals surface area (Å²) in [5.74, 6) is -2.20. The highest BCUT2D eigenvalue weighted by molar-refractivity contribution is 7.13. The highest BCUT2D eigenvalue weighted by atomic mass is 32.1. The topological polar surface area (TPSA) is 108 Å². The number of carboxylic acids is 1. The van der Waals surface area contributed by atoms with Crippen molar-refractivity contribution >= 4 is 29.1 Å². The molecule has 3 rings (SSSR count). The Kier molecular flexibility index (Phi) is 6.76. The lowest BCUT2D eigenvalue weighted by Crippen LogP contribution is -2.46. The zero-order valence-corrected chi connectivity index (χ0v) is 16.2. The summed E-state index contributed by atoms with van der Waals surface area (Å²) in [6.45, 7) is 0. The first-order valence-electron chi connectivity index (χ1n) is 9.37. The fraction of sp³-hybridized carbons (Fsp3) is 0.400. The standard InChI is InChI=1S/C20H23N3O4S/c24-17(21-14-9-5-2-6-10-14)11-15(20(26)27)22-18(25)16-12-28-19(23-16)13-7-3-1-4-8-13/h1,3-4,7-8,12,14-15H,2,5-6,9-11H2,(H,21,24)(H,22,25)(H,26,27)/t15-/m1/s1. The number of hydrogen-bond donors (Lipinski definition) is 3. The molecule has 1 aliphatic carbocycles. The molecule has 3 N–H and O–H groups in total. The summed E-state index contributed by atoms with van der Waals surface area (Å²) >= 11 is 1.30. The van der Waals surface area contributed by atoms with Crippen molar-refractivity contribution in [2.24, 2.45) is 0 Å². The van der Waals surface area contributed by atoms with E-state index < -0.39 is 17.9 Å². The van der Waals surface area contributed by atoms with Crippen LogP contribution in [0.1, 0.15) is 49.0 Å². The summed E-state index contributed by atoms with van der Waals surface area (Å²) in [5, 5.41) is 16.9. The van der Waals surface area contributed by atoms with Crippen LogP contribution < -0.4 is 10.6 Å². The van der Waals surface area contributed by atoms with Crippen LogP contribution in [-0.2, 0) is 9.59 Å². The Hall–Kier alpha value is -2.74. The van der Waals surface area contributed by atoms with E-state index in [1.807, 2.05) is 30.3 Å². The first-order chi connectivity index (χ1) is 13.5. The highest BCUT2D eigenvalue weighted by Gasteiger charge is 2.26. The monoisotopic (exact) mass is 401 g/mol. The minimum atomic E-state index is -1.29. The van der Waals surface area contributed by atoms with Gasteiger partial charge >= 0.3 is 5.97 Å². The molecular weight excluding hydrogens is 378 g/mol. The van der Waals surface area contributed by atoms with Crippen molar-refractivity contribution < 1.29 is 19.5 Å². The number of rotatable bonds is 7. The van der Waals surface area contributed by atoms with Crippen molar-refractivity contribution in [2.75, 3.05) is 0 Å². The number of aliphatic carboxylic acids is 1. The quantitative estimate of drug-likeness (QED) is 0.661. The Bertz CT molecular complexity index is 831. The van der Waals surface area contributed by atoms with E-state index in [-0.39, 0.29) is 24.1 Å². The fourth-order valence-corrected chi connectivity index (χ4v) is 4.05. The predicted octanol–water partition coefficient (Wildman–Crippen LogP) is 2.83. The first kappa shape index (κ1) is 20.0. The number of carboxylic acid groups (broad SMARTS) is 1. The van der Waals surface area contributed by atoms with Crippen LogP contribution in [-0.4, -0.2) is 40.0 Å². The number of amides is 2. The van der Waals surface area contributed by atoms with Gasteiger partial charge in [0.2, 0.25) is 5.91 Å². The van der Waals surface area contributed by atoms with Gasteiger partial charge in [-0.3, -0.25) is 9.59 Å². The van der Waals surface area contributed by atoms with Crippen molar-refractivity contribution in [3.63, 3.8) is 0 Å². The van der Waals surface area contributed by atoms with E-state index in [0.717, 1.165) is 31.2 Å². The van der Waals surface area contributed by atoms with Gasteiger partial charge in [0.05, 0.1) is 6.42 Å². The van der Waals surface area contributed by atoms with Gasteiger partial charge in [-0.25, -0.2) is 9.78 Å². The molecule has 2 aromatic rings. The van der Waals surface area contributed by atoms with Crippen LogP contribution in [0.4, 0.5) is 0 Å². The van der Waals surface area contributed by atoms with Gasteiger partial charge in [-0.05, 0) is 12.8 Å². The maximum absolute atomic E-state index is 12.4. The lowest BCUT2D eigenvalue weighted by molar-refractivity contribution is -0.141. The Morgan fingerprint density at radius 3 is 2.54 bits per heavy atom. The molecule has 2 amide bonds. The Labute approximate surface area is 167 Å². The molecule has 1 aromatic heterocycles. The average Bonchev–Trinajstić information content (AvgIpc) is 3.19. The molecular formula is C20H23N3O4S. The fourth-order valence-electron chi connectivity index (χ4n) is 3.24. The molecule has 7 nitrogen and oxygen atoms in total. The molecule has 0 aliphatic heterocycles. The van der Waals surface area contributed by atoms with Crippen LogP contribution in [0.5, 0.6) is 0 Å². The van der Waals surface area contributed by atoms with Crippen LogP contribution in [0.25, 0.3) is 10.6 Å². The number of carbonyl (C=O) groups excluding carboxylic acids is 2. The van der Waals surface area contributed by atoms with Gasteiger partial charge in [-0.2, -0.15) is 0 Å². The van der Waals surface area contributed by atoms with Gasteiger partial charge in [-0.1, -0.05) is 49.6 Å². The van der Waals surface area contributed by atoms with E-state index in [4.69, 9.17) is 0 Å². The summed E-state index contributed by atoms with van der Waals surface area (Å²) in [7, 11) is 0. The number of benzene rings is 1. The molecule has 0 spiro atoms. The molecule has 148 valence electrons. The minimum absolute atomic E-state index is 0.0957. The third kappa shape index (κ3) is 5.39. The zero-order chi connectivity index (χ0) is 19.9. The van der Waals surface area contributed by atoms with Gasteiger partial charge in [0.25, 0.3) is 5.91 Å². The van der Waals surface area contributed by atoms with Crippen molar-refractivity contribution in [2.45, 2.75) is 50.6 Å². The van der Waals surface area contributed by atoms with E-state index >= 15 is 0 Å². The summed E-state index contributed by atoms with van der Waals surface area (Å²) in [4.78, 5) is 40.4. The van der Waals surface area contributed by atoms with Gasteiger partial charge in [0.1, 0.15) is 16.7 Å². The SMILES string of the molecule is O=C(C[C@@H](NC(=O)c1csc(-c2ccccc2)n1)C(=O)O)NC1CCCCC1. The molecule has 1 aromatic carbocycles. The normalized spacial score (nSPS) is 15.6. The smallest absolute Gasteiger partial charge is 0.326 e. The molecule has 1 atom stereocenters. The number of nitrogens with zero attached hydrogens (tertiary/aromatic N) is 1. The third-order valence-corrected chi connectivity index (χ3v) is 5.61. The van der Waals surface area contributed by atoms with Gasteiger partial charge in [0.15, 0.2) is 0 Å². The number of thiazole rings is 1. The van der Waals surface area contributed by atoms with Crippen molar-refractivity contribution in [3.05, 3.63) is 41.4 Å². The lowest BCUT2D eigenvalue weighted by atomic mass is 9.95. The predicted molar refractivity (Wildman–Crippen MR) is 106 cm³/mol. The summed E-state index contributed by atoms with van der Waals surface area (Å²) < 4.78 is 0. The Morgan fingerprint density at radius 1 is 1.14 bits per heavy atom. The van der Waals surface area contributed by atoms with Gasteiger partial charge < -0.3 is 15.7 Å². The van der Waals surface area contributed by atoms with Crippen molar-refractivity contribution in [1.29, 1.82) is 0 Å². The summed E-state index contributed by atoms with van der Waals surface area (Å²) in [6, 6.07) is 8.22. The molecule has 8 heteroatoms. The molecule has 1 saturated carbocycles. The second kappa shape index (κ2) is 9.45. The van der Waals surface area contributed by atoms with E-state index in [1.54, 1.807) is 5.38 Å². The maximum Gasteiger partial charge on any atom is 0.326 e. The molecule has 0 bridgehead atoms. The van der Waals surface area contributed by atoms with Crippen molar-refractivity contribution in [1.82, 2.24) is 15.6 Å². The third-order valence-electron chi connectivity index (χ3n) is 4.72. The minimum Gasteiger partial charge on any atom is -0.480 e. The number of carbonyl (C=O) groups is 3. The van der Waals surface area contributed by atoms with Gasteiger partial charge in [0, 0.05) is 17.0 Å². The lowest BCUT2D eigenvalue weighted by Gasteiger charge is -2.23. The Morgan fingerprint density at radius 2 is 1.86 bits per heavy atom. The molecule has 0 saturated heterocycles. The molecule has 0 unspecified atom stereocenters. The second-order valence-electron chi connectivity index (χ2n) is 6.87. The number of nitrogens with one attached hydrogen (secondary N) is 2. The van der Waals surface area contributed by atoms with Crippen LogP contribution in [0.2, 0.25) is 0 Å². The number of hydrogen-bond acceptors (Lipinski definition) is 5. The summed E-state index contributed by atoms with van der Waals surface area (Å²) in [5.41, 5.74) is 1.02. The first-order valence-corrected chi connectivity index (χ1v) is 10.2. The molecule has 1 fully saturated rings. The number of aromatic nitrogens is 1. The highest BCUT2D eigenvalue weighted by Crippen LogP contribution is 2.23.